The second kappa shape index (κ2) is 6.78. The predicted octanol–water partition coefficient (Wildman–Crippen LogP) is 3.97. The fraction of sp³-hybridized carbons (Fsp3) is 0.250. The molecular weight excluding hydrogens is 291 g/mol. The average molecular weight is 309 g/mol. The quantitative estimate of drug-likeness (QED) is 0.777. The van der Waals surface area contributed by atoms with Crippen LogP contribution in [0.2, 0.25) is 5.02 Å². The number of rotatable bonds is 5. The molecule has 2 aromatic rings. The van der Waals surface area contributed by atoms with Crippen molar-refractivity contribution in [2.24, 2.45) is 0 Å². The number of nitrogens with zero attached hydrogens (tertiary/aromatic N) is 2. The summed E-state index contributed by atoms with van der Waals surface area (Å²) in [6, 6.07) is 11.9. The maximum Gasteiger partial charge on any atom is 0.138 e. The molecule has 0 amide bonds. The second-order valence-electron chi connectivity index (χ2n) is 4.90. The highest BCUT2D eigenvalue weighted by Gasteiger charge is 2.08. The Morgan fingerprint density at radius 2 is 1.86 bits per heavy atom. The summed E-state index contributed by atoms with van der Waals surface area (Å²) in [7, 11) is 5.84. The number of halogens is 2. The molecular formula is C16H18ClFN2O. The van der Waals surface area contributed by atoms with Crippen LogP contribution in [0.25, 0.3) is 0 Å². The van der Waals surface area contributed by atoms with Crippen molar-refractivity contribution in [1.29, 1.82) is 0 Å². The molecule has 0 aliphatic carbocycles. The van der Waals surface area contributed by atoms with Gasteiger partial charge in [0.15, 0.2) is 0 Å². The molecule has 2 aromatic carbocycles. The molecule has 2 rings (SSSR count). The largest absolute Gasteiger partial charge is 0.487 e. The molecule has 0 radical (unpaired) electrons. The summed E-state index contributed by atoms with van der Waals surface area (Å²) in [4.78, 5) is 0. The lowest BCUT2D eigenvalue weighted by molar-refractivity contribution is 0.305. The summed E-state index contributed by atoms with van der Waals surface area (Å²) in [6.45, 7) is 0.278. The van der Waals surface area contributed by atoms with E-state index in [1.807, 2.05) is 55.4 Å². The summed E-state index contributed by atoms with van der Waals surface area (Å²) >= 11 is 6.23. The van der Waals surface area contributed by atoms with Crippen molar-refractivity contribution in [3.05, 3.63) is 58.9 Å². The number of anilines is 1. The van der Waals surface area contributed by atoms with Crippen LogP contribution in [0.4, 0.5) is 10.1 Å². The normalized spacial score (nSPS) is 10.8. The lowest BCUT2D eigenvalue weighted by Gasteiger charge is -2.26. The van der Waals surface area contributed by atoms with Crippen LogP contribution in [0.15, 0.2) is 42.5 Å². The predicted molar refractivity (Wildman–Crippen MR) is 84.3 cm³/mol. The molecule has 3 nitrogen and oxygen atoms in total. The number of ether oxygens (including phenoxy) is 1. The van der Waals surface area contributed by atoms with Gasteiger partial charge in [-0.05, 0) is 35.9 Å². The summed E-state index contributed by atoms with van der Waals surface area (Å²) in [5, 5.41) is 4.43. The number of hydrogen-bond acceptors (Lipinski definition) is 3. The number of benzene rings is 2. The third-order valence-electron chi connectivity index (χ3n) is 3.17. The third-order valence-corrected chi connectivity index (χ3v) is 3.47. The minimum Gasteiger partial charge on any atom is -0.487 e. The van der Waals surface area contributed by atoms with Gasteiger partial charge < -0.3 is 9.75 Å². The number of hydrogen-bond donors (Lipinski definition) is 0. The number of hydrazine groups is 1. The smallest absolute Gasteiger partial charge is 0.138 e. The summed E-state index contributed by atoms with van der Waals surface area (Å²) < 4.78 is 18.7. The lowest BCUT2D eigenvalue weighted by Crippen LogP contribution is -2.32. The molecule has 112 valence electrons. The topological polar surface area (TPSA) is 15.7 Å². The Balaban J connectivity index is 2.08. The first kappa shape index (κ1) is 15.6. The molecule has 0 bridgehead atoms. The zero-order valence-electron chi connectivity index (χ0n) is 12.3. The van der Waals surface area contributed by atoms with Gasteiger partial charge in [0.25, 0.3) is 0 Å². The van der Waals surface area contributed by atoms with Crippen molar-refractivity contribution in [2.45, 2.75) is 6.61 Å². The Labute approximate surface area is 129 Å². The first-order valence-corrected chi connectivity index (χ1v) is 6.93. The van der Waals surface area contributed by atoms with Gasteiger partial charge in [0.1, 0.15) is 18.2 Å². The molecule has 0 unspecified atom stereocenters. The molecule has 5 heteroatoms. The Kier molecular flexibility index (Phi) is 5.04. The van der Waals surface area contributed by atoms with Crippen LogP contribution in [0.5, 0.6) is 5.75 Å². The van der Waals surface area contributed by atoms with E-state index in [1.165, 1.54) is 12.1 Å². The van der Waals surface area contributed by atoms with E-state index in [4.69, 9.17) is 16.3 Å². The second-order valence-corrected chi connectivity index (χ2v) is 5.31. The van der Waals surface area contributed by atoms with Crippen molar-refractivity contribution >= 4 is 17.3 Å². The fourth-order valence-electron chi connectivity index (χ4n) is 1.83. The van der Waals surface area contributed by atoms with Gasteiger partial charge in [0.05, 0.1) is 10.7 Å². The van der Waals surface area contributed by atoms with Gasteiger partial charge >= 0.3 is 0 Å². The van der Waals surface area contributed by atoms with Crippen LogP contribution in [0.3, 0.4) is 0 Å². The molecule has 0 N–H and O–H groups in total. The van der Waals surface area contributed by atoms with Gasteiger partial charge in [-0.1, -0.05) is 23.7 Å². The van der Waals surface area contributed by atoms with Crippen molar-refractivity contribution < 1.29 is 9.13 Å². The van der Waals surface area contributed by atoms with Gasteiger partial charge in [-0.25, -0.2) is 9.40 Å². The Hall–Kier alpha value is -1.78. The van der Waals surface area contributed by atoms with Gasteiger partial charge in [-0.15, -0.1) is 0 Å². The Morgan fingerprint density at radius 3 is 2.48 bits per heavy atom. The van der Waals surface area contributed by atoms with Crippen LogP contribution >= 0.6 is 11.6 Å². The summed E-state index contributed by atoms with van der Waals surface area (Å²) in [5.74, 6) is 0.307. The molecule has 0 aliphatic heterocycles. The van der Waals surface area contributed by atoms with E-state index >= 15 is 0 Å². The molecule has 0 aromatic heterocycles. The van der Waals surface area contributed by atoms with Crippen molar-refractivity contribution in [3.8, 4) is 5.75 Å². The van der Waals surface area contributed by atoms with E-state index < -0.39 is 0 Å². The van der Waals surface area contributed by atoms with Crippen LogP contribution in [-0.4, -0.2) is 26.2 Å². The molecule has 0 atom stereocenters. The van der Waals surface area contributed by atoms with Gasteiger partial charge in [-0.3, -0.25) is 0 Å². The molecule has 0 spiro atoms. The van der Waals surface area contributed by atoms with Crippen LogP contribution < -0.4 is 9.75 Å². The Bertz CT molecular complexity index is 619. The van der Waals surface area contributed by atoms with Crippen LogP contribution in [-0.2, 0) is 6.61 Å². The SMILES string of the molecule is CN(C)N(C)c1ccc(OCc2cccc(F)c2)c(Cl)c1. The van der Waals surface area contributed by atoms with E-state index in [9.17, 15) is 4.39 Å². The zero-order valence-corrected chi connectivity index (χ0v) is 13.1. The standard InChI is InChI=1S/C16H18ClFN2O/c1-19(2)20(3)14-7-8-16(15(17)10-14)21-11-12-5-4-6-13(18)9-12/h4-10H,11H2,1-3H3. The molecule has 0 fully saturated rings. The highest BCUT2D eigenvalue weighted by Crippen LogP contribution is 2.29. The maximum atomic E-state index is 13.1. The van der Waals surface area contributed by atoms with E-state index in [-0.39, 0.29) is 12.4 Å². The van der Waals surface area contributed by atoms with E-state index in [2.05, 4.69) is 0 Å². The van der Waals surface area contributed by atoms with E-state index in [1.54, 1.807) is 6.07 Å². The summed E-state index contributed by atoms with van der Waals surface area (Å²) in [5.41, 5.74) is 1.73. The monoisotopic (exact) mass is 308 g/mol. The van der Waals surface area contributed by atoms with Crippen LogP contribution in [0, 0.1) is 5.82 Å². The molecule has 0 heterocycles. The van der Waals surface area contributed by atoms with E-state index in [0.29, 0.717) is 10.8 Å². The first-order valence-electron chi connectivity index (χ1n) is 6.55. The van der Waals surface area contributed by atoms with Crippen molar-refractivity contribution in [1.82, 2.24) is 5.01 Å². The van der Waals surface area contributed by atoms with E-state index in [0.717, 1.165) is 11.3 Å². The molecule has 0 saturated heterocycles. The average Bonchev–Trinajstić information content (AvgIpc) is 2.45. The van der Waals surface area contributed by atoms with Gasteiger partial charge in [-0.2, -0.15) is 0 Å². The maximum absolute atomic E-state index is 13.1. The Morgan fingerprint density at radius 1 is 1.10 bits per heavy atom. The highest BCUT2D eigenvalue weighted by atomic mass is 35.5. The highest BCUT2D eigenvalue weighted by molar-refractivity contribution is 6.32. The summed E-state index contributed by atoms with van der Waals surface area (Å²) in [6.07, 6.45) is 0. The van der Waals surface area contributed by atoms with Crippen molar-refractivity contribution in [3.63, 3.8) is 0 Å². The lowest BCUT2D eigenvalue weighted by atomic mass is 10.2. The first-order chi connectivity index (χ1) is 9.97. The third kappa shape index (κ3) is 4.09. The molecule has 0 saturated carbocycles. The molecule has 21 heavy (non-hydrogen) atoms. The van der Waals surface area contributed by atoms with Crippen LogP contribution in [0.1, 0.15) is 5.56 Å². The zero-order chi connectivity index (χ0) is 15.4. The fourth-order valence-corrected chi connectivity index (χ4v) is 2.06. The minimum absolute atomic E-state index is 0.273. The van der Waals surface area contributed by atoms with Gasteiger partial charge in [0, 0.05) is 21.1 Å². The molecule has 0 aliphatic rings. The van der Waals surface area contributed by atoms with Gasteiger partial charge in [0.2, 0.25) is 0 Å². The minimum atomic E-state index is -0.273. The van der Waals surface area contributed by atoms with Crippen molar-refractivity contribution in [2.75, 3.05) is 26.2 Å².